The zero-order valence-electron chi connectivity index (χ0n) is 10.6. The van der Waals surface area contributed by atoms with Gasteiger partial charge in [0.25, 0.3) is 0 Å². The molecule has 1 N–H and O–H groups in total. The molecule has 0 bridgehead atoms. The molecule has 1 aromatic carbocycles. The van der Waals surface area contributed by atoms with Crippen molar-refractivity contribution in [2.24, 2.45) is 0 Å². The van der Waals surface area contributed by atoms with Gasteiger partial charge in [-0.1, -0.05) is 6.92 Å². The van der Waals surface area contributed by atoms with Gasteiger partial charge in [-0.05, 0) is 44.7 Å². The number of aryl methyl sites for hydroxylation is 1. The quantitative estimate of drug-likeness (QED) is 0.861. The summed E-state index contributed by atoms with van der Waals surface area (Å²) in [6.45, 7) is 7.93. The summed E-state index contributed by atoms with van der Waals surface area (Å²) in [5.74, 6) is 1.82. The van der Waals surface area contributed by atoms with Crippen LogP contribution in [0.15, 0.2) is 28.7 Å². The fourth-order valence-corrected chi connectivity index (χ4v) is 1.85. The standard InChI is InChI=1S/C14H19NO2/c1-4-15-9-11(3)16-13-5-6-14-12(8-13)7-10(2)17-14/h5-8,11,15H,4,9H2,1-3H3. The molecule has 0 spiro atoms. The Balaban J connectivity index is 2.08. The third-order valence-electron chi connectivity index (χ3n) is 2.63. The van der Waals surface area contributed by atoms with Gasteiger partial charge in [-0.2, -0.15) is 0 Å². The molecule has 0 aliphatic rings. The number of nitrogens with one attached hydrogen (secondary N) is 1. The van der Waals surface area contributed by atoms with Crippen molar-refractivity contribution in [2.45, 2.75) is 26.9 Å². The van der Waals surface area contributed by atoms with E-state index in [4.69, 9.17) is 9.15 Å². The average Bonchev–Trinajstić information content (AvgIpc) is 2.65. The zero-order valence-corrected chi connectivity index (χ0v) is 10.6. The SMILES string of the molecule is CCNCC(C)Oc1ccc2oc(C)cc2c1. The number of hydrogen-bond donors (Lipinski definition) is 1. The fourth-order valence-electron chi connectivity index (χ4n) is 1.85. The number of ether oxygens (including phenoxy) is 1. The lowest BCUT2D eigenvalue weighted by Gasteiger charge is -2.14. The number of rotatable bonds is 5. The number of furan rings is 1. The van der Waals surface area contributed by atoms with Crippen LogP contribution in [-0.2, 0) is 0 Å². The largest absolute Gasteiger partial charge is 0.489 e. The summed E-state index contributed by atoms with van der Waals surface area (Å²) in [5.41, 5.74) is 0.911. The molecule has 1 aromatic heterocycles. The van der Waals surface area contributed by atoms with E-state index in [2.05, 4.69) is 19.2 Å². The molecule has 92 valence electrons. The van der Waals surface area contributed by atoms with Crippen molar-refractivity contribution < 1.29 is 9.15 Å². The molecule has 0 aliphatic heterocycles. The maximum Gasteiger partial charge on any atom is 0.134 e. The minimum Gasteiger partial charge on any atom is -0.489 e. The van der Waals surface area contributed by atoms with Gasteiger partial charge in [-0.3, -0.25) is 0 Å². The lowest BCUT2D eigenvalue weighted by atomic mass is 10.2. The Morgan fingerprint density at radius 3 is 2.94 bits per heavy atom. The normalized spacial score (nSPS) is 12.9. The molecule has 17 heavy (non-hydrogen) atoms. The highest BCUT2D eigenvalue weighted by Gasteiger charge is 2.06. The zero-order chi connectivity index (χ0) is 12.3. The van der Waals surface area contributed by atoms with E-state index >= 15 is 0 Å². The number of hydrogen-bond acceptors (Lipinski definition) is 3. The minimum absolute atomic E-state index is 0.167. The van der Waals surface area contributed by atoms with Gasteiger partial charge in [0.15, 0.2) is 0 Å². The van der Waals surface area contributed by atoms with Crippen molar-refractivity contribution in [3.8, 4) is 5.75 Å². The van der Waals surface area contributed by atoms with Gasteiger partial charge in [0.05, 0.1) is 0 Å². The Kier molecular flexibility index (Phi) is 3.69. The van der Waals surface area contributed by atoms with E-state index in [0.29, 0.717) is 0 Å². The van der Waals surface area contributed by atoms with E-state index in [1.807, 2.05) is 31.2 Å². The van der Waals surface area contributed by atoms with Gasteiger partial charge < -0.3 is 14.5 Å². The van der Waals surface area contributed by atoms with E-state index < -0.39 is 0 Å². The second kappa shape index (κ2) is 5.23. The first-order valence-corrected chi connectivity index (χ1v) is 6.06. The van der Waals surface area contributed by atoms with E-state index in [9.17, 15) is 0 Å². The van der Waals surface area contributed by atoms with Gasteiger partial charge in [0.1, 0.15) is 23.2 Å². The first-order chi connectivity index (χ1) is 8.19. The van der Waals surface area contributed by atoms with Crippen molar-refractivity contribution in [2.75, 3.05) is 13.1 Å². The number of likely N-dealkylation sites (N-methyl/N-ethyl adjacent to an activating group) is 1. The first kappa shape index (κ1) is 12.0. The Labute approximate surface area is 102 Å². The van der Waals surface area contributed by atoms with Crippen LogP contribution in [0, 0.1) is 6.92 Å². The smallest absolute Gasteiger partial charge is 0.134 e. The second-order valence-electron chi connectivity index (χ2n) is 4.29. The Morgan fingerprint density at radius 1 is 1.35 bits per heavy atom. The maximum absolute atomic E-state index is 5.83. The van der Waals surface area contributed by atoms with Crippen LogP contribution in [-0.4, -0.2) is 19.2 Å². The molecule has 0 amide bonds. The van der Waals surface area contributed by atoms with Crippen LogP contribution >= 0.6 is 0 Å². The third kappa shape index (κ3) is 3.01. The van der Waals surface area contributed by atoms with Crippen molar-refractivity contribution in [3.63, 3.8) is 0 Å². The number of fused-ring (bicyclic) bond motifs is 1. The molecule has 3 nitrogen and oxygen atoms in total. The molecule has 0 saturated carbocycles. The molecule has 1 heterocycles. The molecule has 2 aromatic rings. The molecular weight excluding hydrogens is 214 g/mol. The predicted molar refractivity (Wildman–Crippen MR) is 69.6 cm³/mol. The van der Waals surface area contributed by atoms with E-state index in [-0.39, 0.29) is 6.10 Å². The molecular formula is C14H19NO2. The van der Waals surface area contributed by atoms with Crippen molar-refractivity contribution in [3.05, 3.63) is 30.0 Å². The van der Waals surface area contributed by atoms with Gasteiger partial charge in [-0.25, -0.2) is 0 Å². The van der Waals surface area contributed by atoms with Crippen molar-refractivity contribution in [1.82, 2.24) is 5.32 Å². The summed E-state index contributed by atoms with van der Waals surface area (Å²) in [6.07, 6.45) is 0.167. The van der Waals surface area contributed by atoms with Gasteiger partial charge in [0, 0.05) is 11.9 Å². The molecule has 1 unspecified atom stereocenters. The van der Waals surface area contributed by atoms with Crippen LogP contribution in [0.5, 0.6) is 5.75 Å². The highest BCUT2D eigenvalue weighted by molar-refractivity contribution is 5.79. The van der Waals surface area contributed by atoms with Gasteiger partial charge in [0.2, 0.25) is 0 Å². The summed E-state index contributed by atoms with van der Waals surface area (Å²) < 4.78 is 11.4. The molecule has 0 radical (unpaired) electrons. The maximum atomic E-state index is 5.83. The first-order valence-electron chi connectivity index (χ1n) is 6.06. The molecule has 3 heteroatoms. The molecule has 0 saturated heterocycles. The van der Waals surface area contributed by atoms with Crippen LogP contribution in [0.4, 0.5) is 0 Å². The summed E-state index contributed by atoms with van der Waals surface area (Å²) in [5, 5.41) is 4.36. The minimum atomic E-state index is 0.167. The van der Waals surface area contributed by atoms with Crippen LogP contribution < -0.4 is 10.1 Å². The third-order valence-corrected chi connectivity index (χ3v) is 2.63. The summed E-state index contributed by atoms with van der Waals surface area (Å²) in [4.78, 5) is 0. The second-order valence-corrected chi connectivity index (χ2v) is 4.29. The van der Waals surface area contributed by atoms with Crippen molar-refractivity contribution >= 4 is 11.0 Å². The lowest BCUT2D eigenvalue weighted by Crippen LogP contribution is -2.28. The molecule has 2 rings (SSSR count). The number of benzene rings is 1. The van der Waals surface area contributed by atoms with Gasteiger partial charge in [-0.15, -0.1) is 0 Å². The average molecular weight is 233 g/mol. The summed E-state index contributed by atoms with van der Waals surface area (Å²) in [6, 6.07) is 7.96. The summed E-state index contributed by atoms with van der Waals surface area (Å²) in [7, 11) is 0. The monoisotopic (exact) mass is 233 g/mol. The van der Waals surface area contributed by atoms with Gasteiger partial charge >= 0.3 is 0 Å². The van der Waals surface area contributed by atoms with Crippen LogP contribution in [0.2, 0.25) is 0 Å². The van der Waals surface area contributed by atoms with Crippen LogP contribution in [0.3, 0.4) is 0 Å². The molecule has 0 aliphatic carbocycles. The van der Waals surface area contributed by atoms with E-state index in [1.54, 1.807) is 0 Å². The van der Waals surface area contributed by atoms with Crippen LogP contribution in [0.1, 0.15) is 19.6 Å². The highest BCUT2D eigenvalue weighted by atomic mass is 16.5. The highest BCUT2D eigenvalue weighted by Crippen LogP contribution is 2.24. The fraction of sp³-hybridized carbons (Fsp3) is 0.429. The predicted octanol–water partition coefficient (Wildman–Crippen LogP) is 3.12. The van der Waals surface area contributed by atoms with E-state index in [1.165, 1.54) is 0 Å². The van der Waals surface area contributed by atoms with E-state index in [0.717, 1.165) is 35.6 Å². The Morgan fingerprint density at radius 2 is 2.18 bits per heavy atom. The van der Waals surface area contributed by atoms with Crippen molar-refractivity contribution in [1.29, 1.82) is 0 Å². The lowest BCUT2D eigenvalue weighted by molar-refractivity contribution is 0.218. The topological polar surface area (TPSA) is 34.4 Å². The molecule has 1 atom stereocenters. The van der Waals surface area contributed by atoms with Crippen LogP contribution in [0.25, 0.3) is 11.0 Å². The Bertz CT molecular complexity index is 490. The summed E-state index contributed by atoms with van der Waals surface area (Å²) >= 11 is 0. The molecule has 0 fully saturated rings. The Hall–Kier alpha value is -1.48.